The molecule has 0 bridgehead atoms. The molecule has 3 rings (SSSR count). The molecule has 1 spiro atoms. The molecule has 0 aromatic heterocycles. The molecule has 0 aromatic carbocycles. The summed E-state index contributed by atoms with van der Waals surface area (Å²) in [5.41, 5.74) is -0.0320. The fourth-order valence-electron chi connectivity index (χ4n) is 4.01. The summed E-state index contributed by atoms with van der Waals surface area (Å²) in [5, 5.41) is 0. The van der Waals surface area contributed by atoms with Crippen LogP contribution in [-0.2, 0) is 9.53 Å². The predicted molar refractivity (Wildman–Crippen MR) is 66.9 cm³/mol. The van der Waals surface area contributed by atoms with E-state index < -0.39 is 0 Å². The summed E-state index contributed by atoms with van der Waals surface area (Å²) >= 11 is 0. The molecule has 1 atom stereocenters. The number of Topliss-reactive ketones (excluding diaryl/α,β-unsaturated/α-hetero) is 1. The molecule has 3 aliphatic carbocycles. The molecule has 0 N–H and O–H groups in total. The molecule has 0 saturated heterocycles. The minimum absolute atomic E-state index is 0.0320. The Morgan fingerprint density at radius 1 is 0.941 bits per heavy atom. The van der Waals surface area contributed by atoms with Gasteiger partial charge in [0.2, 0.25) is 0 Å². The highest BCUT2D eigenvalue weighted by molar-refractivity contribution is 5.92. The van der Waals surface area contributed by atoms with Crippen molar-refractivity contribution in [2.24, 2.45) is 5.41 Å². The van der Waals surface area contributed by atoms with Crippen molar-refractivity contribution in [2.45, 2.75) is 82.8 Å². The Hall–Kier alpha value is -0.370. The Balaban J connectivity index is 1.61. The molecule has 1 unspecified atom stereocenters. The van der Waals surface area contributed by atoms with Gasteiger partial charge in [-0.3, -0.25) is 4.79 Å². The summed E-state index contributed by atoms with van der Waals surface area (Å²) in [6.07, 6.45) is 13.9. The first-order valence-electron chi connectivity index (χ1n) is 7.50. The van der Waals surface area contributed by atoms with Gasteiger partial charge in [0.05, 0.1) is 17.6 Å². The van der Waals surface area contributed by atoms with E-state index in [-0.39, 0.29) is 11.5 Å². The quantitative estimate of drug-likeness (QED) is 0.732. The first-order chi connectivity index (χ1) is 8.31. The van der Waals surface area contributed by atoms with Crippen molar-refractivity contribution in [1.82, 2.24) is 0 Å². The SMILES string of the molecule is O=C1CC(OC2CCCCC2)C12CCCCC2. The molecule has 2 nitrogen and oxygen atoms in total. The summed E-state index contributed by atoms with van der Waals surface area (Å²) in [7, 11) is 0. The molecular formula is C15H24O2. The lowest BCUT2D eigenvalue weighted by Crippen LogP contribution is -2.57. The normalized spacial score (nSPS) is 33.6. The molecule has 17 heavy (non-hydrogen) atoms. The highest BCUT2D eigenvalue weighted by atomic mass is 16.5. The summed E-state index contributed by atoms with van der Waals surface area (Å²) in [5.74, 6) is 0.498. The van der Waals surface area contributed by atoms with Gasteiger partial charge in [0.25, 0.3) is 0 Å². The second-order valence-electron chi connectivity index (χ2n) is 6.23. The van der Waals surface area contributed by atoms with Crippen LogP contribution in [0.4, 0.5) is 0 Å². The molecule has 0 radical (unpaired) electrons. The zero-order chi connectivity index (χ0) is 11.7. The van der Waals surface area contributed by atoms with Gasteiger partial charge in [-0.25, -0.2) is 0 Å². The number of rotatable bonds is 2. The molecule has 2 heteroatoms. The lowest BCUT2D eigenvalue weighted by atomic mass is 9.57. The summed E-state index contributed by atoms with van der Waals surface area (Å²) in [6, 6.07) is 0. The van der Waals surface area contributed by atoms with Crippen LogP contribution in [0.1, 0.15) is 70.6 Å². The topological polar surface area (TPSA) is 26.3 Å². The van der Waals surface area contributed by atoms with Crippen LogP contribution < -0.4 is 0 Å². The van der Waals surface area contributed by atoms with Crippen LogP contribution >= 0.6 is 0 Å². The van der Waals surface area contributed by atoms with Crippen LogP contribution in [0.25, 0.3) is 0 Å². The third-order valence-electron chi connectivity index (χ3n) is 5.20. The number of carbonyl (C=O) groups is 1. The van der Waals surface area contributed by atoms with E-state index in [9.17, 15) is 4.79 Å². The van der Waals surface area contributed by atoms with Crippen molar-refractivity contribution in [3.63, 3.8) is 0 Å². The van der Waals surface area contributed by atoms with Crippen LogP contribution in [0.5, 0.6) is 0 Å². The summed E-state index contributed by atoms with van der Waals surface area (Å²) in [4.78, 5) is 12.0. The Morgan fingerprint density at radius 3 is 2.24 bits per heavy atom. The monoisotopic (exact) mass is 236 g/mol. The second kappa shape index (κ2) is 4.72. The molecule has 0 heterocycles. The van der Waals surface area contributed by atoms with Crippen LogP contribution in [0.3, 0.4) is 0 Å². The van der Waals surface area contributed by atoms with E-state index >= 15 is 0 Å². The fraction of sp³-hybridized carbons (Fsp3) is 0.933. The van der Waals surface area contributed by atoms with Gasteiger partial charge >= 0.3 is 0 Å². The van der Waals surface area contributed by atoms with Gasteiger partial charge in [0.1, 0.15) is 5.78 Å². The van der Waals surface area contributed by atoms with E-state index in [4.69, 9.17) is 4.74 Å². The molecule has 96 valence electrons. The summed E-state index contributed by atoms with van der Waals surface area (Å²) in [6.45, 7) is 0. The van der Waals surface area contributed by atoms with Crippen molar-refractivity contribution < 1.29 is 9.53 Å². The Bertz CT molecular complexity index is 285. The minimum Gasteiger partial charge on any atom is -0.373 e. The van der Waals surface area contributed by atoms with Crippen LogP contribution in [0.15, 0.2) is 0 Å². The van der Waals surface area contributed by atoms with Crippen molar-refractivity contribution in [1.29, 1.82) is 0 Å². The number of hydrogen-bond acceptors (Lipinski definition) is 2. The van der Waals surface area contributed by atoms with Gasteiger partial charge < -0.3 is 4.74 Å². The van der Waals surface area contributed by atoms with Gasteiger partial charge in [0, 0.05) is 6.42 Å². The first kappa shape index (κ1) is 11.7. The number of ketones is 1. The Kier molecular flexibility index (Phi) is 3.25. The lowest BCUT2D eigenvalue weighted by Gasteiger charge is -2.51. The third-order valence-corrected chi connectivity index (χ3v) is 5.20. The van der Waals surface area contributed by atoms with Gasteiger partial charge in [-0.05, 0) is 25.7 Å². The lowest BCUT2D eigenvalue weighted by molar-refractivity contribution is -0.180. The van der Waals surface area contributed by atoms with E-state index in [1.807, 2.05) is 0 Å². The third kappa shape index (κ3) is 2.05. The second-order valence-corrected chi connectivity index (χ2v) is 6.23. The van der Waals surface area contributed by atoms with Gasteiger partial charge in [0.15, 0.2) is 0 Å². The standard InChI is InChI=1S/C15H24O2/c16-13-11-14(15(13)9-5-2-6-10-15)17-12-7-3-1-4-8-12/h12,14H,1-11H2. The van der Waals surface area contributed by atoms with E-state index in [1.54, 1.807) is 0 Å². The molecule has 3 aliphatic rings. The molecule has 3 fully saturated rings. The van der Waals surface area contributed by atoms with Crippen LogP contribution in [-0.4, -0.2) is 18.0 Å². The molecule has 0 amide bonds. The van der Waals surface area contributed by atoms with Gasteiger partial charge in [-0.15, -0.1) is 0 Å². The first-order valence-corrected chi connectivity index (χ1v) is 7.50. The largest absolute Gasteiger partial charge is 0.373 e. The average molecular weight is 236 g/mol. The molecular weight excluding hydrogens is 212 g/mol. The Morgan fingerprint density at radius 2 is 1.59 bits per heavy atom. The van der Waals surface area contributed by atoms with Crippen LogP contribution in [0, 0.1) is 5.41 Å². The van der Waals surface area contributed by atoms with Crippen LogP contribution in [0.2, 0.25) is 0 Å². The minimum atomic E-state index is -0.0320. The zero-order valence-electron chi connectivity index (χ0n) is 10.7. The molecule has 0 aromatic rings. The van der Waals surface area contributed by atoms with Crippen molar-refractivity contribution in [3.05, 3.63) is 0 Å². The predicted octanol–water partition coefficient (Wildman–Crippen LogP) is 3.63. The average Bonchev–Trinajstić information content (AvgIpc) is 2.41. The zero-order valence-corrected chi connectivity index (χ0v) is 10.7. The number of ether oxygens (including phenoxy) is 1. The van der Waals surface area contributed by atoms with E-state index in [1.165, 1.54) is 51.4 Å². The smallest absolute Gasteiger partial charge is 0.144 e. The van der Waals surface area contributed by atoms with Gasteiger partial charge in [-0.2, -0.15) is 0 Å². The fourth-order valence-corrected chi connectivity index (χ4v) is 4.01. The van der Waals surface area contributed by atoms with E-state index in [0.29, 0.717) is 18.3 Å². The van der Waals surface area contributed by atoms with Crippen molar-refractivity contribution >= 4 is 5.78 Å². The molecule has 0 aliphatic heterocycles. The molecule has 3 saturated carbocycles. The highest BCUT2D eigenvalue weighted by Gasteiger charge is 2.55. The maximum absolute atomic E-state index is 12.0. The summed E-state index contributed by atoms with van der Waals surface area (Å²) < 4.78 is 6.27. The van der Waals surface area contributed by atoms with E-state index in [2.05, 4.69) is 0 Å². The van der Waals surface area contributed by atoms with E-state index in [0.717, 1.165) is 12.8 Å². The maximum atomic E-state index is 12.0. The Labute approximate surface area is 104 Å². The van der Waals surface area contributed by atoms with Gasteiger partial charge in [-0.1, -0.05) is 38.5 Å². The number of hydrogen-bond donors (Lipinski definition) is 0. The number of carbonyl (C=O) groups excluding carboxylic acids is 1. The highest BCUT2D eigenvalue weighted by Crippen LogP contribution is 2.51. The maximum Gasteiger partial charge on any atom is 0.144 e. The van der Waals surface area contributed by atoms with Crippen molar-refractivity contribution in [3.8, 4) is 0 Å². The van der Waals surface area contributed by atoms with Crippen molar-refractivity contribution in [2.75, 3.05) is 0 Å².